The van der Waals surface area contributed by atoms with Crippen molar-refractivity contribution in [3.8, 4) is 5.75 Å². The van der Waals surface area contributed by atoms with Gasteiger partial charge in [-0.3, -0.25) is 9.80 Å². The molecule has 2 N–H and O–H groups in total. The number of aliphatic hydroxyl groups is 1. The molecule has 1 aliphatic heterocycles. The molecule has 0 radical (unpaired) electrons. The topological polar surface area (TPSA) is 64.6 Å². The number of methoxy groups -OCH3 is 1. The third-order valence-corrected chi connectivity index (χ3v) is 6.34. The summed E-state index contributed by atoms with van der Waals surface area (Å²) < 4.78 is 5.46. The highest BCUT2D eigenvalue weighted by molar-refractivity contribution is 5.43. The predicted octanol–water partition coefficient (Wildman–Crippen LogP) is 2.97. The summed E-state index contributed by atoms with van der Waals surface area (Å²) in [6.07, 6.45) is 1.73. The number of benzene rings is 1. The molecule has 1 aliphatic rings. The summed E-state index contributed by atoms with van der Waals surface area (Å²) in [5, 5.41) is 9.65. The van der Waals surface area contributed by atoms with E-state index >= 15 is 0 Å². The Kier molecular flexibility index (Phi) is 7.33. The summed E-state index contributed by atoms with van der Waals surface area (Å²) >= 11 is 0. The number of nitrogens with zero attached hydrogens (tertiary/aromatic N) is 3. The largest absolute Gasteiger partial charge is 0.496 e. The summed E-state index contributed by atoms with van der Waals surface area (Å²) in [5.41, 5.74) is 6.18. The van der Waals surface area contributed by atoms with Crippen molar-refractivity contribution in [2.75, 3.05) is 33.4 Å². The van der Waals surface area contributed by atoms with Crippen LogP contribution in [0.25, 0.3) is 0 Å². The van der Waals surface area contributed by atoms with Crippen molar-refractivity contribution in [3.05, 3.63) is 46.0 Å². The molecule has 6 heteroatoms. The first-order valence-electron chi connectivity index (χ1n) is 10.7. The molecular weight excluding hydrogens is 364 g/mol. The zero-order chi connectivity index (χ0) is 21.0. The van der Waals surface area contributed by atoms with Gasteiger partial charge in [0.15, 0.2) is 0 Å². The molecule has 160 valence electrons. The van der Waals surface area contributed by atoms with Crippen LogP contribution in [0.2, 0.25) is 0 Å². The first-order valence-corrected chi connectivity index (χ1v) is 10.7. The number of rotatable bonds is 8. The molecule has 2 heterocycles. The molecule has 1 aromatic carbocycles. The van der Waals surface area contributed by atoms with Crippen molar-refractivity contribution in [2.45, 2.75) is 59.7 Å². The molecule has 0 saturated carbocycles. The summed E-state index contributed by atoms with van der Waals surface area (Å²) in [6.45, 7) is 13.5. The maximum Gasteiger partial charge on any atom is 0.122 e. The molecule has 1 atom stereocenters. The quantitative estimate of drug-likeness (QED) is 0.713. The number of aliphatic hydroxyl groups excluding tert-OH is 1. The van der Waals surface area contributed by atoms with Gasteiger partial charge >= 0.3 is 0 Å². The summed E-state index contributed by atoms with van der Waals surface area (Å²) in [4.78, 5) is 13.1. The Hall–Kier alpha value is -1.89. The van der Waals surface area contributed by atoms with Crippen LogP contribution in [0.4, 0.5) is 0 Å². The van der Waals surface area contributed by atoms with E-state index < -0.39 is 0 Å². The van der Waals surface area contributed by atoms with Gasteiger partial charge in [-0.15, -0.1) is 0 Å². The van der Waals surface area contributed by atoms with Gasteiger partial charge in [0.2, 0.25) is 0 Å². The fourth-order valence-electron chi connectivity index (χ4n) is 4.29. The lowest BCUT2D eigenvalue weighted by Gasteiger charge is -2.41. The highest BCUT2D eigenvalue weighted by Gasteiger charge is 2.28. The monoisotopic (exact) mass is 400 g/mol. The molecular formula is C23H36N4O2. The van der Waals surface area contributed by atoms with Crippen LogP contribution in [0.1, 0.15) is 47.2 Å². The predicted molar refractivity (Wildman–Crippen MR) is 116 cm³/mol. The number of imidazole rings is 1. The Morgan fingerprint density at radius 3 is 2.62 bits per heavy atom. The van der Waals surface area contributed by atoms with Crippen LogP contribution in [-0.2, 0) is 19.5 Å². The third-order valence-electron chi connectivity index (χ3n) is 6.34. The molecule has 29 heavy (non-hydrogen) atoms. The zero-order valence-corrected chi connectivity index (χ0v) is 18.6. The van der Waals surface area contributed by atoms with Gasteiger partial charge in [-0.25, -0.2) is 4.98 Å². The zero-order valence-electron chi connectivity index (χ0n) is 18.6. The first-order chi connectivity index (χ1) is 14.0. The van der Waals surface area contributed by atoms with E-state index in [0.717, 1.165) is 62.8 Å². The third kappa shape index (κ3) is 5.00. The van der Waals surface area contributed by atoms with Crippen LogP contribution in [0, 0.1) is 20.8 Å². The van der Waals surface area contributed by atoms with Gasteiger partial charge in [-0.05, 0) is 49.9 Å². The number of H-pyrrole nitrogens is 1. The number of aryl methyl sites for hydroxylation is 2. The molecule has 3 rings (SSSR count). The SMILES string of the molecule is CCc1nc(CN2CCN(Cc3ccc(OC)c(C)c3C)[C@H](CCO)C2)c(C)[nH]1. The lowest BCUT2D eigenvalue weighted by Crippen LogP contribution is -2.52. The molecule has 1 aromatic heterocycles. The smallest absolute Gasteiger partial charge is 0.122 e. The second-order valence-corrected chi connectivity index (χ2v) is 8.16. The van der Waals surface area contributed by atoms with Gasteiger partial charge in [0, 0.05) is 57.5 Å². The molecule has 6 nitrogen and oxygen atoms in total. The summed E-state index contributed by atoms with van der Waals surface area (Å²) in [7, 11) is 1.72. The second kappa shape index (κ2) is 9.74. The fourth-order valence-corrected chi connectivity index (χ4v) is 4.29. The highest BCUT2D eigenvalue weighted by atomic mass is 16.5. The summed E-state index contributed by atoms with van der Waals surface area (Å²) in [6, 6.07) is 4.60. The average molecular weight is 401 g/mol. The van der Waals surface area contributed by atoms with Crippen LogP contribution in [0.15, 0.2) is 12.1 Å². The van der Waals surface area contributed by atoms with Gasteiger partial charge in [-0.2, -0.15) is 0 Å². The van der Waals surface area contributed by atoms with Crippen LogP contribution in [0.3, 0.4) is 0 Å². The molecule has 0 unspecified atom stereocenters. The van der Waals surface area contributed by atoms with Crippen LogP contribution < -0.4 is 4.74 Å². The van der Waals surface area contributed by atoms with Crippen molar-refractivity contribution in [2.24, 2.45) is 0 Å². The fraction of sp³-hybridized carbons (Fsp3) is 0.609. The Morgan fingerprint density at radius 2 is 1.97 bits per heavy atom. The molecule has 1 saturated heterocycles. The van der Waals surface area contributed by atoms with E-state index in [-0.39, 0.29) is 6.61 Å². The average Bonchev–Trinajstić information content (AvgIpc) is 3.07. The lowest BCUT2D eigenvalue weighted by atomic mass is 10.00. The lowest BCUT2D eigenvalue weighted by molar-refractivity contribution is 0.0492. The van der Waals surface area contributed by atoms with E-state index in [1.165, 1.54) is 22.4 Å². The maximum absolute atomic E-state index is 9.65. The van der Waals surface area contributed by atoms with E-state index in [2.05, 4.69) is 54.6 Å². The Morgan fingerprint density at radius 1 is 1.17 bits per heavy atom. The van der Waals surface area contributed by atoms with Crippen LogP contribution >= 0.6 is 0 Å². The second-order valence-electron chi connectivity index (χ2n) is 8.16. The maximum atomic E-state index is 9.65. The molecule has 2 aromatic rings. The number of nitrogens with one attached hydrogen (secondary N) is 1. The van der Waals surface area contributed by atoms with Gasteiger partial charge in [0.05, 0.1) is 12.8 Å². The van der Waals surface area contributed by atoms with Crippen molar-refractivity contribution >= 4 is 0 Å². The Bertz CT molecular complexity index is 817. The highest BCUT2D eigenvalue weighted by Crippen LogP contribution is 2.26. The summed E-state index contributed by atoms with van der Waals surface area (Å²) in [5.74, 6) is 2.01. The normalized spacial score (nSPS) is 18.3. The number of aromatic amines is 1. The number of hydrogen-bond acceptors (Lipinski definition) is 5. The van der Waals surface area contributed by atoms with Crippen molar-refractivity contribution < 1.29 is 9.84 Å². The number of ether oxygens (including phenoxy) is 1. The van der Waals surface area contributed by atoms with Gasteiger partial charge in [0.1, 0.15) is 11.6 Å². The minimum absolute atomic E-state index is 0.219. The van der Waals surface area contributed by atoms with Crippen LogP contribution in [-0.4, -0.2) is 64.3 Å². The molecule has 0 spiro atoms. The molecule has 0 aliphatic carbocycles. The van der Waals surface area contributed by atoms with E-state index in [9.17, 15) is 5.11 Å². The molecule has 0 bridgehead atoms. The first kappa shape index (κ1) is 21.8. The van der Waals surface area contributed by atoms with Gasteiger partial charge < -0.3 is 14.8 Å². The minimum Gasteiger partial charge on any atom is -0.496 e. The number of piperazine rings is 1. The Labute approximate surface area is 174 Å². The van der Waals surface area contributed by atoms with E-state index in [0.29, 0.717) is 6.04 Å². The van der Waals surface area contributed by atoms with Gasteiger partial charge in [-0.1, -0.05) is 13.0 Å². The van der Waals surface area contributed by atoms with Crippen LogP contribution in [0.5, 0.6) is 5.75 Å². The van der Waals surface area contributed by atoms with E-state index in [1.54, 1.807) is 7.11 Å². The minimum atomic E-state index is 0.219. The van der Waals surface area contributed by atoms with Crippen molar-refractivity contribution in [1.29, 1.82) is 0 Å². The number of hydrogen-bond donors (Lipinski definition) is 2. The van der Waals surface area contributed by atoms with Crippen molar-refractivity contribution in [3.63, 3.8) is 0 Å². The molecule has 1 fully saturated rings. The number of aromatic nitrogens is 2. The van der Waals surface area contributed by atoms with E-state index in [1.807, 2.05) is 0 Å². The van der Waals surface area contributed by atoms with Crippen molar-refractivity contribution in [1.82, 2.24) is 19.8 Å². The van der Waals surface area contributed by atoms with E-state index in [4.69, 9.17) is 9.72 Å². The van der Waals surface area contributed by atoms with Gasteiger partial charge in [0.25, 0.3) is 0 Å². The molecule has 0 amide bonds. The standard InChI is InChI=1S/C23H36N4O2/c1-6-23-24-18(4)21(25-23)15-26-10-11-27(20(14-26)9-12-28)13-19-7-8-22(29-5)17(3)16(19)2/h7-8,20,28H,6,9-15H2,1-5H3,(H,24,25)/t20-/m1/s1. The Balaban J connectivity index is 1.69.